The minimum Gasteiger partial charge on any atom is -0.337 e. The molecular formula is C12H17N3O. The van der Waals surface area contributed by atoms with Gasteiger partial charge >= 0.3 is 0 Å². The smallest absolute Gasteiger partial charge is 0.274 e. The van der Waals surface area contributed by atoms with E-state index >= 15 is 0 Å². The van der Waals surface area contributed by atoms with Crippen LogP contribution in [0.4, 0.5) is 0 Å². The van der Waals surface area contributed by atoms with Crippen LogP contribution in [-0.4, -0.2) is 33.9 Å². The van der Waals surface area contributed by atoms with E-state index in [-0.39, 0.29) is 5.91 Å². The van der Waals surface area contributed by atoms with Gasteiger partial charge in [0.2, 0.25) is 0 Å². The molecule has 1 aromatic heterocycles. The summed E-state index contributed by atoms with van der Waals surface area (Å²) in [6.07, 6.45) is 7.87. The number of hydrogen-bond acceptors (Lipinski definition) is 3. The first kappa shape index (κ1) is 11.0. The van der Waals surface area contributed by atoms with Gasteiger partial charge in [-0.15, -0.1) is 0 Å². The first-order valence-corrected chi connectivity index (χ1v) is 5.85. The molecule has 1 fully saturated rings. The highest BCUT2D eigenvalue weighted by Gasteiger charge is 2.18. The normalized spacial score (nSPS) is 16.9. The number of rotatable bonds is 1. The van der Waals surface area contributed by atoms with E-state index in [4.69, 9.17) is 0 Å². The zero-order valence-electron chi connectivity index (χ0n) is 9.65. The molecule has 1 amide bonds. The second-order valence-electron chi connectivity index (χ2n) is 4.25. The Hall–Kier alpha value is -1.45. The molecule has 16 heavy (non-hydrogen) atoms. The fourth-order valence-electron chi connectivity index (χ4n) is 1.94. The van der Waals surface area contributed by atoms with Crippen LogP contribution in [0.25, 0.3) is 0 Å². The number of aryl methyl sites for hydroxylation is 1. The quantitative estimate of drug-likeness (QED) is 0.723. The molecule has 0 saturated carbocycles. The lowest BCUT2D eigenvalue weighted by Gasteiger charge is -2.19. The number of likely N-dealkylation sites (tertiary alicyclic amines) is 1. The monoisotopic (exact) mass is 219 g/mol. The number of carbonyl (C=O) groups is 1. The van der Waals surface area contributed by atoms with Gasteiger partial charge < -0.3 is 4.90 Å². The van der Waals surface area contributed by atoms with Crippen molar-refractivity contribution in [3.8, 4) is 0 Å². The molecule has 0 spiro atoms. The standard InChI is InChI=1S/C12H17N3O/c1-10-8-14-11(9-13-10)12(16)15-6-4-2-3-5-7-15/h8-9H,2-7H2,1H3. The Morgan fingerprint density at radius 3 is 2.38 bits per heavy atom. The zero-order valence-corrected chi connectivity index (χ0v) is 9.65. The van der Waals surface area contributed by atoms with Crippen molar-refractivity contribution in [3.63, 3.8) is 0 Å². The van der Waals surface area contributed by atoms with Gasteiger partial charge in [0, 0.05) is 19.3 Å². The molecule has 1 saturated heterocycles. The summed E-state index contributed by atoms with van der Waals surface area (Å²) in [5.74, 6) is 0.0226. The molecular weight excluding hydrogens is 202 g/mol. The Balaban J connectivity index is 2.08. The lowest BCUT2D eigenvalue weighted by Crippen LogP contribution is -2.32. The first-order chi connectivity index (χ1) is 7.77. The van der Waals surface area contributed by atoms with Crippen LogP contribution in [-0.2, 0) is 0 Å². The first-order valence-electron chi connectivity index (χ1n) is 5.85. The van der Waals surface area contributed by atoms with Crippen LogP contribution in [0, 0.1) is 6.92 Å². The fourth-order valence-corrected chi connectivity index (χ4v) is 1.94. The molecule has 1 aliphatic heterocycles. The number of aromatic nitrogens is 2. The van der Waals surface area contributed by atoms with Gasteiger partial charge in [-0.3, -0.25) is 9.78 Å². The molecule has 0 bridgehead atoms. The summed E-state index contributed by atoms with van der Waals surface area (Å²) in [5, 5.41) is 0. The van der Waals surface area contributed by atoms with Gasteiger partial charge in [0.05, 0.1) is 11.9 Å². The number of hydrogen-bond donors (Lipinski definition) is 0. The summed E-state index contributed by atoms with van der Waals surface area (Å²) < 4.78 is 0. The van der Waals surface area contributed by atoms with Crippen LogP contribution in [0.15, 0.2) is 12.4 Å². The summed E-state index contributed by atoms with van der Waals surface area (Å²) in [6, 6.07) is 0. The SMILES string of the molecule is Cc1cnc(C(=O)N2CCCCCC2)cn1. The molecule has 86 valence electrons. The topological polar surface area (TPSA) is 46.1 Å². The summed E-state index contributed by atoms with van der Waals surface area (Å²) in [7, 11) is 0. The van der Waals surface area contributed by atoms with E-state index in [9.17, 15) is 4.79 Å². The minimum atomic E-state index is 0.0226. The molecule has 0 aliphatic carbocycles. The van der Waals surface area contributed by atoms with Crippen LogP contribution in [0.5, 0.6) is 0 Å². The van der Waals surface area contributed by atoms with Crippen molar-refractivity contribution in [2.75, 3.05) is 13.1 Å². The number of nitrogens with zero attached hydrogens (tertiary/aromatic N) is 3. The third kappa shape index (κ3) is 2.56. The fraction of sp³-hybridized carbons (Fsp3) is 0.583. The van der Waals surface area contributed by atoms with Gasteiger partial charge in [0.1, 0.15) is 5.69 Å². The van der Waals surface area contributed by atoms with Gasteiger partial charge in [-0.05, 0) is 19.8 Å². The second kappa shape index (κ2) is 5.05. The molecule has 2 heterocycles. The molecule has 0 N–H and O–H groups in total. The van der Waals surface area contributed by atoms with E-state index in [1.165, 1.54) is 12.8 Å². The van der Waals surface area contributed by atoms with E-state index in [0.717, 1.165) is 31.6 Å². The number of amides is 1. The maximum Gasteiger partial charge on any atom is 0.274 e. The van der Waals surface area contributed by atoms with Gasteiger partial charge in [-0.2, -0.15) is 0 Å². The van der Waals surface area contributed by atoms with Crippen molar-refractivity contribution >= 4 is 5.91 Å². The molecule has 1 aromatic rings. The molecule has 0 atom stereocenters. The van der Waals surface area contributed by atoms with Crippen LogP contribution in [0.2, 0.25) is 0 Å². The maximum absolute atomic E-state index is 12.1. The van der Waals surface area contributed by atoms with E-state index in [1.54, 1.807) is 12.4 Å². The zero-order chi connectivity index (χ0) is 11.4. The van der Waals surface area contributed by atoms with Crippen LogP contribution >= 0.6 is 0 Å². The predicted molar refractivity (Wildman–Crippen MR) is 61.1 cm³/mol. The van der Waals surface area contributed by atoms with Gasteiger partial charge in [0.25, 0.3) is 5.91 Å². The highest BCUT2D eigenvalue weighted by molar-refractivity contribution is 5.91. The lowest BCUT2D eigenvalue weighted by atomic mass is 10.2. The summed E-state index contributed by atoms with van der Waals surface area (Å²) >= 11 is 0. The van der Waals surface area contributed by atoms with Gasteiger partial charge in [0.15, 0.2) is 0 Å². The van der Waals surface area contributed by atoms with Gasteiger partial charge in [-0.25, -0.2) is 4.98 Å². The Labute approximate surface area is 95.7 Å². The third-order valence-electron chi connectivity index (χ3n) is 2.89. The molecule has 0 radical (unpaired) electrons. The maximum atomic E-state index is 12.1. The Kier molecular flexibility index (Phi) is 3.49. The van der Waals surface area contributed by atoms with E-state index in [0.29, 0.717) is 5.69 Å². The minimum absolute atomic E-state index is 0.0226. The van der Waals surface area contributed by atoms with Crippen LogP contribution < -0.4 is 0 Å². The van der Waals surface area contributed by atoms with Crippen molar-refractivity contribution < 1.29 is 4.79 Å². The lowest BCUT2D eigenvalue weighted by molar-refractivity contribution is 0.0755. The highest BCUT2D eigenvalue weighted by atomic mass is 16.2. The Morgan fingerprint density at radius 2 is 1.81 bits per heavy atom. The highest BCUT2D eigenvalue weighted by Crippen LogP contribution is 2.11. The third-order valence-corrected chi connectivity index (χ3v) is 2.89. The average Bonchev–Trinajstić information content (AvgIpc) is 2.57. The molecule has 0 unspecified atom stereocenters. The van der Waals surface area contributed by atoms with E-state index in [2.05, 4.69) is 9.97 Å². The van der Waals surface area contributed by atoms with Crippen molar-refractivity contribution in [2.24, 2.45) is 0 Å². The summed E-state index contributed by atoms with van der Waals surface area (Å²) in [4.78, 5) is 22.2. The Morgan fingerprint density at radius 1 is 1.12 bits per heavy atom. The van der Waals surface area contributed by atoms with E-state index in [1.807, 2.05) is 11.8 Å². The van der Waals surface area contributed by atoms with E-state index < -0.39 is 0 Å². The van der Waals surface area contributed by atoms with Crippen molar-refractivity contribution in [1.82, 2.24) is 14.9 Å². The molecule has 2 rings (SSSR count). The van der Waals surface area contributed by atoms with Crippen molar-refractivity contribution in [3.05, 3.63) is 23.8 Å². The Bertz CT molecular complexity index is 353. The van der Waals surface area contributed by atoms with Crippen LogP contribution in [0.1, 0.15) is 41.9 Å². The molecule has 4 heteroatoms. The van der Waals surface area contributed by atoms with Crippen LogP contribution in [0.3, 0.4) is 0 Å². The van der Waals surface area contributed by atoms with Crippen molar-refractivity contribution in [2.45, 2.75) is 32.6 Å². The molecule has 0 aromatic carbocycles. The molecule has 4 nitrogen and oxygen atoms in total. The number of carbonyl (C=O) groups excluding carboxylic acids is 1. The molecule has 1 aliphatic rings. The van der Waals surface area contributed by atoms with Gasteiger partial charge in [-0.1, -0.05) is 12.8 Å². The summed E-state index contributed by atoms with van der Waals surface area (Å²) in [5.41, 5.74) is 1.31. The van der Waals surface area contributed by atoms with Crippen molar-refractivity contribution in [1.29, 1.82) is 0 Å². The summed E-state index contributed by atoms with van der Waals surface area (Å²) in [6.45, 7) is 3.58. The second-order valence-corrected chi connectivity index (χ2v) is 4.25. The largest absolute Gasteiger partial charge is 0.337 e. The average molecular weight is 219 g/mol. The predicted octanol–water partition coefficient (Wildman–Crippen LogP) is 1.80.